The summed E-state index contributed by atoms with van der Waals surface area (Å²) in [5.74, 6) is 0.669. The predicted octanol–water partition coefficient (Wildman–Crippen LogP) is 3.75. The lowest BCUT2D eigenvalue weighted by atomic mass is 10.2. The molecule has 0 aliphatic carbocycles. The molecule has 0 saturated heterocycles. The van der Waals surface area contributed by atoms with E-state index in [0.717, 1.165) is 18.4 Å². The lowest BCUT2D eigenvalue weighted by Crippen LogP contribution is -2.23. The molecule has 0 bridgehead atoms. The van der Waals surface area contributed by atoms with Gasteiger partial charge in [0.15, 0.2) is 11.2 Å². The number of nitrogens with zero attached hydrogens (tertiary/aromatic N) is 4. The largest absolute Gasteiger partial charge is 0.322 e. The summed E-state index contributed by atoms with van der Waals surface area (Å²) in [7, 11) is 1.82. The van der Waals surface area contributed by atoms with Crippen molar-refractivity contribution in [1.82, 2.24) is 19.1 Å². The van der Waals surface area contributed by atoms with Crippen LogP contribution >= 0.6 is 11.6 Å². The van der Waals surface area contributed by atoms with Gasteiger partial charge in [-0.2, -0.15) is 4.98 Å². The number of halogens is 1. The van der Waals surface area contributed by atoms with Crippen molar-refractivity contribution in [3.05, 3.63) is 57.4 Å². The molecule has 3 aromatic rings. The average molecular weight is 343 g/mol. The molecule has 0 unspecified atom stereocenters. The first-order valence-electron chi connectivity index (χ1n) is 7.97. The van der Waals surface area contributed by atoms with Gasteiger partial charge in [-0.1, -0.05) is 49.8 Å². The molecule has 24 heavy (non-hydrogen) atoms. The summed E-state index contributed by atoms with van der Waals surface area (Å²) in [4.78, 5) is 21.4. The first-order valence-corrected chi connectivity index (χ1v) is 8.35. The molecule has 0 amide bonds. The summed E-state index contributed by atoms with van der Waals surface area (Å²) >= 11 is 6.16. The van der Waals surface area contributed by atoms with Gasteiger partial charge in [-0.25, -0.2) is 4.98 Å². The second kappa shape index (κ2) is 7.01. The maximum atomic E-state index is 12.7. The minimum atomic E-state index is -0.146. The lowest BCUT2D eigenvalue weighted by molar-refractivity contribution is 0.607. The minimum absolute atomic E-state index is 0.146. The topological polar surface area (TPSA) is 52.7 Å². The first kappa shape index (κ1) is 16.5. The van der Waals surface area contributed by atoms with Crippen LogP contribution in [-0.2, 0) is 13.6 Å². The monoisotopic (exact) mass is 342 g/mol. The van der Waals surface area contributed by atoms with Gasteiger partial charge in [0.1, 0.15) is 5.82 Å². The maximum Gasteiger partial charge on any atom is 0.280 e. The molecule has 5 nitrogen and oxygen atoms in total. The Morgan fingerprint density at radius 2 is 1.92 bits per heavy atom. The van der Waals surface area contributed by atoms with Crippen molar-refractivity contribution in [3.63, 3.8) is 0 Å². The third kappa shape index (κ3) is 3.12. The number of imidazole rings is 1. The lowest BCUT2D eigenvalue weighted by Gasteiger charge is -2.07. The fourth-order valence-corrected chi connectivity index (χ4v) is 2.81. The van der Waals surface area contributed by atoms with E-state index in [1.807, 2.05) is 49.5 Å². The number of fused-ring (bicyclic) bond motifs is 1. The Bertz CT molecular complexity index is 941. The minimum Gasteiger partial charge on any atom is -0.322 e. The number of hydrogen-bond donors (Lipinski definition) is 0. The van der Waals surface area contributed by atoms with Crippen LogP contribution in [0, 0.1) is 0 Å². The third-order valence-electron chi connectivity index (χ3n) is 3.94. The number of unbranched alkanes of at least 4 members (excludes halogenated alkanes) is 1. The number of aromatic nitrogens is 4. The summed E-state index contributed by atoms with van der Waals surface area (Å²) in [6, 6.07) is 9.93. The SMILES string of the molecule is CCCCn1c(Cl)nc2nc(C=Cc3ccccc3)n(C)c2c1=O. The summed E-state index contributed by atoms with van der Waals surface area (Å²) in [6.45, 7) is 2.64. The Morgan fingerprint density at radius 3 is 2.62 bits per heavy atom. The molecule has 2 heterocycles. The molecular weight excluding hydrogens is 324 g/mol. The van der Waals surface area contributed by atoms with Crippen LogP contribution in [0.1, 0.15) is 31.2 Å². The van der Waals surface area contributed by atoms with Crippen LogP contribution in [0.4, 0.5) is 0 Å². The van der Waals surface area contributed by atoms with Crippen molar-refractivity contribution in [2.75, 3.05) is 0 Å². The fraction of sp³-hybridized carbons (Fsp3) is 0.278. The zero-order chi connectivity index (χ0) is 17.1. The van der Waals surface area contributed by atoms with Gasteiger partial charge in [-0.3, -0.25) is 9.36 Å². The molecule has 1 aromatic carbocycles. The zero-order valence-electron chi connectivity index (χ0n) is 13.7. The smallest absolute Gasteiger partial charge is 0.280 e. The van der Waals surface area contributed by atoms with Crippen LogP contribution in [0.3, 0.4) is 0 Å². The van der Waals surface area contributed by atoms with Gasteiger partial charge in [-0.05, 0) is 29.7 Å². The Labute approximate surface area is 145 Å². The predicted molar refractivity (Wildman–Crippen MR) is 98.1 cm³/mol. The molecule has 0 N–H and O–H groups in total. The summed E-state index contributed by atoms with van der Waals surface area (Å²) in [5.41, 5.74) is 1.78. The number of benzene rings is 1. The van der Waals surface area contributed by atoms with Crippen LogP contribution in [-0.4, -0.2) is 19.1 Å². The van der Waals surface area contributed by atoms with Gasteiger partial charge < -0.3 is 4.57 Å². The van der Waals surface area contributed by atoms with E-state index in [-0.39, 0.29) is 10.8 Å². The van der Waals surface area contributed by atoms with Gasteiger partial charge >= 0.3 is 0 Å². The normalized spacial score (nSPS) is 11.6. The van der Waals surface area contributed by atoms with Crippen molar-refractivity contribution >= 4 is 34.9 Å². The van der Waals surface area contributed by atoms with Crippen LogP contribution < -0.4 is 5.56 Å². The van der Waals surface area contributed by atoms with Gasteiger partial charge in [0.05, 0.1) is 0 Å². The average Bonchev–Trinajstić information content (AvgIpc) is 2.89. The van der Waals surface area contributed by atoms with Crippen molar-refractivity contribution in [2.24, 2.45) is 7.05 Å². The molecule has 0 fully saturated rings. The highest BCUT2D eigenvalue weighted by Crippen LogP contribution is 2.15. The summed E-state index contributed by atoms with van der Waals surface area (Å²) in [5, 5.41) is 0.192. The Kier molecular flexibility index (Phi) is 4.81. The zero-order valence-corrected chi connectivity index (χ0v) is 14.5. The molecule has 2 aromatic heterocycles. The van der Waals surface area contributed by atoms with E-state index < -0.39 is 0 Å². The molecule has 0 aliphatic heterocycles. The van der Waals surface area contributed by atoms with Crippen LogP contribution in [0.5, 0.6) is 0 Å². The highest BCUT2D eigenvalue weighted by molar-refractivity contribution is 6.28. The van der Waals surface area contributed by atoms with E-state index in [4.69, 9.17) is 11.6 Å². The van der Waals surface area contributed by atoms with Crippen LogP contribution in [0.25, 0.3) is 23.3 Å². The number of rotatable bonds is 5. The second-order valence-electron chi connectivity index (χ2n) is 5.64. The van der Waals surface area contributed by atoms with Crippen LogP contribution in [0.2, 0.25) is 5.28 Å². The standard InChI is InChI=1S/C18H19ClN4O/c1-3-4-12-23-17(24)15-16(21-18(23)19)20-14(22(15)2)11-10-13-8-6-5-7-9-13/h5-11H,3-4,12H2,1-2H3. The first-order chi connectivity index (χ1) is 11.6. The Hall–Kier alpha value is -2.40. The second-order valence-corrected chi connectivity index (χ2v) is 5.97. The van der Waals surface area contributed by atoms with Crippen molar-refractivity contribution in [1.29, 1.82) is 0 Å². The van der Waals surface area contributed by atoms with Crippen molar-refractivity contribution in [2.45, 2.75) is 26.3 Å². The van der Waals surface area contributed by atoms with Crippen molar-refractivity contribution < 1.29 is 0 Å². The van der Waals surface area contributed by atoms with Gasteiger partial charge in [0.2, 0.25) is 5.28 Å². The fourth-order valence-electron chi connectivity index (χ4n) is 2.57. The van der Waals surface area contributed by atoms with Gasteiger partial charge in [-0.15, -0.1) is 0 Å². The van der Waals surface area contributed by atoms with Crippen LogP contribution in [0.15, 0.2) is 35.1 Å². The Balaban J connectivity index is 2.06. The molecule has 0 spiro atoms. The number of aryl methyl sites for hydroxylation is 1. The van der Waals surface area contributed by atoms with E-state index in [1.165, 1.54) is 4.57 Å². The number of hydrogen-bond acceptors (Lipinski definition) is 3. The van der Waals surface area contributed by atoms with E-state index in [0.29, 0.717) is 23.5 Å². The maximum absolute atomic E-state index is 12.7. The molecule has 0 aliphatic rings. The molecule has 6 heteroatoms. The molecule has 0 saturated carbocycles. The van der Waals surface area contributed by atoms with E-state index in [2.05, 4.69) is 16.9 Å². The van der Waals surface area contributed by atoms with Gasteiger partial charge in [0, 0.05) is 13.6 Å². The van der Waals surface area contributed by atoms with E-state index >= 15 is 0 Å². The Morgan fingerprint density at radius 1 is 1.17 bits per heavy atom. The van der Waals surface area contributed by atoms with Gasteiger partial charge in [0.25, 0.3) is 5.56 Å². The van der Waals surface area contributed by atoms with Crippen molar-refractivity contribution in [3.8, 4) is 0 Å². The highest BCUT2D eigenvalue weighted by Gasteiger charge is 2.15. The summed E-state index contributed by atoms with van der Waals surface area (Å²) in [6.07, 6.45) is 5.70. The quantitative estimate of drug-likeness (QED) is 0.663. The van der Waals surface area contributed by atoms with E-state index in [9.17, 15) is 4.79 Å². The highest BCUT2D eigenvalue weighted by atomic mass is 35.5. The molecule has 3 rings (SSSR count). The summed E-state index contributed by atoms with van der Waals surface area (Å²) < 4.78 is 3.28. The molecule has 0 atom stereocenters. The molecular formula is C18H19ClN4O. The molecule has 0 radical (unpaired) electrons. The van der Waals surface area contributed by atoms with E-state index in [1.54, 1.807) is 4.57 Å². The molecule has 124 valence electrons. The third-order valence-corrected chi connectivity index (χ3v) is 4.23.